The SMILES string of the molecule is CCCCCCCc1ccc(C#Cc2ccc3c(F)c(F)ccc3c2)c(F)c1F. The zero-order chi connectivity index (χ0) is 20.8. The molecule has 150 valence electrons. The predicted octanol–water partition coefficient (Wildman–Crippen LogP) is 7.31. The molecular formula is C25H22F4. The zero-order valence-electron chi connectivity index (χ0n) is 16.3. The summed E-state index contributed by atoms with van der Waals surface area (Å²) in [5.41, 5.74) is 0.846. The van der Waals surface area contributed by atoms with Gasteiger partial charge in [-0.2, -0.15) is 0 Å². The van der Waals surface area contributed by atoms with E-state index in [0.717, 1.165) is 38.2 Å². The van der Waals surface area contributed by atoms with Gasteiger partial charge >= 0.3 is 0 Å². The van der Waals surface area contributed by atoms with Crippen molar-refractivity contribution < 1.29 is 17.6 Å². The maximum absolute atomic E-state index is 14.4. The minimum absolute atomic E-state index is 0.0254. The summed E-state index contributed by atoms with van der Waals surface area (Å²) >= 11 is 0. The molecule has 0 heterocycles. The van der Waals surface area contributed by atoms with Crippen molar-refractivity contribution in [2.75, 3.05) is 0 Å². The highest BCUT2D eigenvalue weighted by atomic mass is 19.2. The van der Waals surface area contributed by atoms with Crippen LogP contribution in [0.15, 0.2) is 42.5 Å². The third-order valence-electron chi connectivity index (χ3n) is 4.96. The van der Waals surface area contributed by atoms with E-state index in [1.54, 1.807) is 12.1 Å². The average Bonchev–Trinajstić information content (AvgIpc) is 2.73. The Kier molecular flexibility index (Phi) is 6.93. The molecule has 0 radical (unpaired) electrons. The number of hydrogen-bond acceptors (Lipinski definition) is 0. The summed E-state index contributed by atoms with van der Waals surface area (Å²) in [6.07, 6.45) is 5.74. The number of fused-ring (bicyclic) bond motifs is 1. The smallest absolute Gasteiger partial charge is 0.174 e. The van der Waals surface area contributed by atoms with Gasteiger partial charge in [0.2, 0.25) is 0 Å². The van der Waals surface area contributed by atoms with E-state index in [9.17, 15) is 17.6 Å². The minimum atomic E-state index is -0.947. The summed E-state index contributed by atoms with van der Waals surface area (Å²) in [5, 5.41) is 0.636. The molecule has 0 aliphatic heterocycles. The molecular weight excluding hydrogens is 376 g/mol. The molecule has 0 unspecified atom stereocenters. The molecule has 0 saturated heterocycles. The number of rotatable bonds is 6. The number of hydrogen-bond donors (Lipinski definition) is 0. The van der Waals surface area contributed by atoms with Gasteiger partial charge in [0, 0.05) is 10.9 Å². The molecule has 3 aromatic carbocycles. The van der Waals surface area contributed by atoms with Gasteiger partial charge in [0.1, 0.15) is 0 Å². The van der Waals surface area contributed by atoms with Crippen LogP contribution >= 0.6 is 0 Å². The van der Waals surface area contributed by atoms with Gasteiger partial charge < -0.3 is 0 Å². The first kappa shape index (κ1) is 20.9. The van der Waals surface area contributed by atoms with Crippen LogP contribution in [0.5, 0.6) is 0 Å². The summed E-state index contributed by atoms with van der Waals surface area (Å²) in [7, 11) is 0. The topological polar surface area (TPSA) is 0 Å². The first-order valence-corrected chi connectivity index (χ1v) is 9.88. The Morgan fingerprint density at radius 1 is 0.724 bits per heavy atom. The lowest BCUT2D eigenvalue weighted by Gasteiger charge is -2.05. The van der Waals surface area contributed by atoms with Crippen LogP contribution in [-0.4, -0.2) is 0 Å². The van der Waals surface area contributed by atoms with Crippen molar-refractivity contribution >= 4 is 10.8 Å². The molecule has 3 aromatic rings. The summed E-state index contributed by atoms with van der Waals surface area (Å²) in [6, 6.07) is 10.1. The molecule has 0 aliphatic carbocycles. The zero-order valence-corrected chi connectivity index (χ0v) is 16.3. The van der Waals surface area contributed by atoms with E-state index in [0.29, 0.717) is 22.9 Å². The number of aryl methyl sites for hydroxylation is 1. The molecule has 29 heavy (non-hydrogen) atoms. The van der Waals surface area contributed by atoms with E-state index in [4.69, 9.17) is 0 Å². The summed E-state index contributed by atoms with van der Waals surface area (Å²) in [5.74, 6) is 1.78. The van der Waals surface area contributed by atoms with Crippen molar-refractivity contribution in [2.45, 2.75) is 45.4 Å². The first-order chi connectivity index (χ1) is 14.0. The predicted molar refractivity (Wildman–Crippen MR) is 109 cm³/mol. The van der Waals surface area contributed by atoms with Crippen LogP contribution in [-0.2, 0) is 6.42 Å². The van der Waals surface area contributed by atoms with Crippen molar-refractivity contribution in [3.8, 4) is 11.8 Å². The van der Waals surface area contributed by atoms with Gasteiger partial charge in [0.15, 0.2) is 23.3 Å². The molecule has 0 amide bonds. The van der Waals surface area contributed by atoms with Gasteiger partial charge in [-0.1, -0.05) is 62.6 Å². The third-order valence-corrected chi connectivity index (χ3v) is 4.96. The highest BCUT2D eigenvalue weighted by Gasteiger charge is 2.12. The Bertz CT molecular complexity index is 1070. The summed E-state index contributed by atoms with van der Waals surface area (Å²) in [6.45, 7) is 2.13. The lowest BCUT2D eigenvalue weighted by molar-refractivity contribution is 0.493. The molecule has 0 aliphatic rings. The Morgan fingerprint density at radius 2 is 1.52 bits per heavy atom. The van der Waals surface area contributed by atoms with Gasteiger partial charge in [0.05, 0.1) is 5.56 Å². The maximum atomic E-state index is 14.4. The van der Waals surface area contributed by atoms with Crippen molar-refractivity contribution in [3.63, 3.8) is 0 Å². The van der Waals surface area contributed by atoms with E-state index < -0.39 is 23.3 Å². The Morgan fingerprint density at radius 3 is 2.31 bits per heavy atom. The van der Waals surface area contributed by atoms with Crippen molar-refractivity contribution in [1.82, 2.24) is 0 Å². The molecule has 0 nitrogen and oxygen atoms in total. The van der Waals surface area contributed by atoms with Crippen LogP contribution in [0.2, 0.25) is 0 Å². The summed E-state index contributed by atoms with van der Waals surface area (Å²) < 4.78 is 55.8. The average molecular weight is 398 g/mol. The van der Waals surface area contributed by atoms with Crippen LogP contribution in [0.25, 0.3) is 10.8 Å². The molecule has 0 aromatic heterocycles. The van der Waals surface area contributed by atoms with E-state index >= 15 is 0 Å². The molecule has 0 fully saturated rings. The fourth-order valence-corrected chi connectivity index (χ4v) is 3.28. The van der Waals surface area contributed by atoms with Crippen LogP contribution < -0.4 is 0 Å². The van der Waals surface area contributed by atoms with Crippen molar-refractivity contribution in [2.24, 2.45) is 0 Å². The lowest BCUT2D eigenvalue weighted by atomic mass is 10.0. The van der Waals surface area contributed by atoms with Crippen LogP contribution in [0.1, 0.15) is 55.7 Å². The lowest BCUT2D eigenvalue weighted by Crippen LogP contribution is -1.98. The molecule has 4 heteroatoms. The molecule has 0 spiro atoms. The first-order valence-electron chi connectivity index (χ1n) is 9.88. The van der Waals surface area contributed by atoms with E-state index in [1.807, 2.05) is 0 Å². The van der Waals surface area contributed by atoms with Crippen LogP contribution in [0.4, 0.5) is 17.6 Å². The quantitative estimate of drug-likeness (QED) is 0.232. The molecule has 0 N–H and O–H groups in total. The number of halogens is 4. The molecule has 0 saturated carbocycles. The molecule has 0 atom stereocenters. The number of benzene rings is 3. The second-order valence-corrected chi connectivity index (χ2v) is 7.11. The van der Waals surface area contributed by atoms with Gasteiger partial charge in [-0.15, -0.1) is 0 Å². The minimum Gasteiger partial charge on any atom is -0.204 e. The fraction of sp³-hybridized carbons (Fsp3) is 0.280. The summed E-state index contributed by atoms with van der Waals surface area (Å²) in [4.78, 5) is 0. The van der Waals surface area contributed by atoms with Crippen LogP contribution in [0, 0.1) is 35.1 Å². The maximum Gasteiger partial charge on any atom is 0.174 e. The third kappa shape index (κ3) is 4.98. The Hall–Kier alpha value is -2.80. The second-order valence-electron chi connectivity index (χ2n) is 7.11. The standard InChI is InChI=1S/C25H22F4/c1-2-3-4-5-6-7-18-11-12-19(24(28)23(18)27)10-8-17-9-14-21-20(16-17)13-15-22(26)25(21)29/h9,11-16H,2-7H2,1H3. The highest BCUT2D eigenvalue weighted by molar-refractivity contribution is 5.84. The van der Waals surface area contributed by atoms with Crippen molar-refractivity contribution in [1.29, 1.82) is 0 Å². The largest absolute Gasteiger partial charge is 0.204 e. The molecule has 0 bridgehead atoms. The van der Waals surface area contributed by atoms with Gasteiger partial charge in [-0.3, -0.25) is 0 Å². The molecule has 3 rings (SSSR count). The van der Waals surface area contributed by atoms with E-state index in [-0.39, 0.29) is 10.9 Å². The Labute approximate surface area is 168 Å². The normalized spacial score (nSPS) is 10.8. The van der Waals surface area contributed by atoms with E-state index in [2.05, 4.69) is 18.8 Å². The monoisotopic (exact) mass is 398 g/mol. The van der Waals surface area contributed by atoms with Gasteiger partial charge in [-0.05, 0) is 48.1 Å². The van der Waals surface area contributed by atoms with Gasteiger partial charge in [0.25, 0.3) is 0 Å². The van der Waals surface area contributed by atoms with Crippen LogP contribution in [0.3, 0.4) is 0 Å². The van der Waals surface area contributed by atoms with Gasteiger partial charge in [-0.25, -0.2) is 17.6 Å². The number of unbranched alkanes of at least 4 members (excludes halogenated alkanes) is 4. The second kappa shape index (κ2) is 9.60. The van der Waals surface area contributed by atoms with Crippen molar-refractivity contribution in [3.05, 3.63) is 82.4 Å². The highest BCUT2D eigenvalue weighted by Crippen LogP contribution is 2.22. The van der Waals surface area contributed by atoms with E-state index in [1.165, 1.54) is 24.3 Å². The fourth-order valence-electron chi connectivity index (χ4n) is 3.28. The Balaban J connectivity index is 1.77.